The van der Waals surface area contributed by atoms with E-state index in [1.807, 2.05) is 19.1 Å². The molecule has 0 saturated carbocycles. The summed E-state index contributed by atoms with van der Waals surface area (Å²) in [5.74, 6) is 1.50. The maximum Gasteiger partial charge on any atom is 0.208 e. The third kappa shape index (κ3) is 3.72. The van der Waals surface area contributed by atoms with Crippen molar-refractivity contribution in [1.82, 2.24) is 10.3 Å². The van der Waals surface area contributed by atoms with Crippen LogP contribution in [0.15, 0.2) is 28.8 Å². The molecule has 0 aliphatic rings. The highest BCUT2D eigenvalue weighted by Gasteiger charge is 2.13. The van der Waals surface area contributed by atoms with Crippen LogP contribution in [-0.4, -0.2) is 4.98 Å². The number of aryl methyl sites for hydroxylation is 1. The number of hydrogen-bond donors (Lipinski definition) is 1. The highest BCUT2D eigenvalue weighted by Crippen LogP contribution is 2.28. The molecule has 0 saturated heterocycles. The molecule has 0 radical (unpaired) electrons. The number of hydrogen-bond acceptors (Lipinski definition) is 3. The fourth-order valence-electron chi connectivity index (χ4n) is 1.95. The maximum atomic E-state index is 6.23. The lowest BCUT2D eigenvalue weighted by Crippen LogP contribution is -2.20. The summed E-state index contributed by atoms with van der Waals surface area (Å²) in [6.45, 7) is 4.55. The molecule has 2 rings (SSSR count). The van der Waals surface area contributed by atoms with Gasteiger partial charge in [0, 0.05) is 16.1 Å². The smallest absolute Gasteiger partial charge is 0.208 e. The van der Waals surface area contributed by atoms with Crippen LogP contribution in [0.25, 0.3) is 0 Å². The average molecular weight is 299 g/mol. The van der Waals surface area contributed by atoms with Crippen LogP contribution in [-0.2, 0) is 6.54 Å². The van der Waals surface area contributed by atoms with Crippen molar-refractivity contribution < 1.29 is 4.42 Å². The Morgan fingerprint density at radius 2 is 2.16 bits per heavy atom. The van der Waals surface area contributed by atoms with Crippen LogP contribution in [0.1, 0.15) is 36.6 Å². The highest BCUT2D eigenvalue weighted by molar-refractivity contribution is 6.35. The summed E-state index contributed by atoms with van der Waals surface area (Å²) >= 11 is 12.1. The molecule has 0 fully saturated rings. The third-order valence-corrected chi connectivity index (χ3v) is 3.48. The Balaban J connectivity index is 2.07. The quantitative estimate of drug-likeness (QED) is 0.881. The van der Waals surface area contributed by atoms with E-state index in [4.69, 9.17) is 27.6 Å². The zero-order chi connectivity index (χ0) is 13.8. The van der Waals surface area contributed by atoms with E-state index in [2.05, 4.69) is 17.2 Å². The van der Waals surface area contributed by atoms with Gasteiger partial charge in [-0.3, -0.25) is 0 Å². The lowest BCUT2D eigenvalue weighted by atomic mass is 10.0. The van der Waals surface area contributed by atoms with Gasteiger partial charge in [0.2, 0.25) is 5.89 Å². The summed E-state index contributed by atoms with van der Waals surface area (Å²) in [6, 6.07) is 5.71. The van der Waals surface area contributed by atoms with Gasteiger partial charge in [-0.2, -0.15) is 0 Å². The van der Waals surface area contributed by atoms with Gasteiger partial charge in [0.1, 0.15) is 5.76 Å². The predicted octanol–water partition coefficient (Wildman–Crippen LogP) is 4.53. The molecule has 2 aromatic rings. The predicted molar refractivity (Wildman–Crippen MR) is 77.6 cm³/mol. The van der Waals surface area contributed by atoms with Gasteiger partial charge in [-0.05, 0) is 31.0 Å². The van der Waals surface area contributed by atoms with Gasteiger partial charge >= 0.3 is 0 Å². The number of nitrogens with zero attached hydrogens (tertiary/aromatic N) is 1. The molecule has 0 bridgehead atoms. The first kappa shape index (κ1) is 14.4. The number of aromatic nitrogens is 1. The Morgan fingerprint density at radius 1 is 1.37 bits per heavy atom. The van der Waals surface area contributed by atoms with Crippen molar-refractivity contribution in [1.29, 1.82) is 0 Å². The third-order valence-electron chi connectivity index (χ3n) is 2.91. The van der Waals surface area contributed by atoms with Crippen LogP contribution >= 0.6 is 23.2 Å². The number of rotatable bonds is 5. The summed E-state index contributed by atoms with van der Waals surface area (Å²) in [5.41, 5.74) is 1.04. The van der Waals surface area contributed by atoms with Gasteiger partial charge in [0.05, 0.1) is 12.7 Å². The fraction of sp³-hybridized carbons (Fsp3) is 0.357. The number of oxazole rings is 1. The maximum absolute atomic E-state index is 6.23. The number of halogens is 2. The van der Waals surface area contributed by atoms with E-state index in [0.717, 1.165) is 17.7 Å². The van der Waals surface area contributed by atoms with E-state index in [1.165, 1.54) is 0 Å². The molecule has 5 heteroatoms. The molecule has 0 aliphatic carbocycles. The molecule has 1 heterocycles. The molecule has 1 N–H and O–H groups in total. The van der Waals surface area contributed by atoms with Gasteiger partial charge in [0.15, 0.2) is 0 Å². The van der Waals surface area contributed by atoms with Crippen molar-refractivity contribution in [2.75, 3.05) is 0 Å². The summed E-state index contributed by atoms with van der Waals surface area (Å²) in [6.07, 6.45) is 2.63. The number of nitrogens with one attached hydrogen (secondary N) is 1. The van der Waals surface area contributed by atoms with Crippen LogP contribution in [0.5, 0.6) is 0 Å². The van der Waals surface area contributed by atoms with Crippen LogP contribution in [0, 0.1) is 6.92 Å². The monoisotopic (exact) mass is 298 g/mol. The summed E-state index contributed by atoms with van der Waals surface area (Å²) < 4.78 is 5.44. The molecule has 1 aromatic heterocycles. The molecular weight excluding hydrogens is 283 g/mol. The first-order valence-electron chi connectivity index (χ1n) is 6.19. The largest absolute Gasteiger partial charge is 0.445 e. The zero-order valence-electron chi connectivity index (χ0n) is 10.9. The first-order valence-corrected chi connectivity index (χ1v) is 6.95. The van der Waals surface area contributed by atoms with E-state index in [1.54, 1.807) is 12.3 Å². The van der Waals surface area contributed by atoms with Crippen LogP contribution in [0.3, 0.4) is 0 Å². The normalized spacial score (nSPS) is 12.6. The van der Waals surface area contributed by atoms with Gasteiger partial charge in [0.25, 0.3) is 0 Å². The Hall–Kier alpha value is -1.03. The molecule has 3 nitrogen and oxygen atoms in total. The molecule has 0 aliphatic heterocycles. The van der Waals surface area contributed by atoms with Crippen molar-refractivity contribution in [3.8, 4) is 0 Å². The van der Waals surface area contributed by atoms with Gasteiger partial charge in [-0.1, -0.05) is 36.2 Å². The van der Waals surface area contributed by atoms with Crippen LogP contribution in [0.2, 0.25) is 10.0 Å². The molecule has 1 aromatic carbocycles. The molecule has 0 spiro atoms. The SMILES string of the molecule is CCC(NCc1ncc(C)o1)c1ccc(Cl)cc1Cl. The zero-order valence-corrected chi connectivity index (χ0v) is 12.4. The Bertz CT molecular complexity index is 554. The van der Waals surface area contributed by atoms with Crippen molar-refractivity contribution in [3.63, 3.8) is 0 Å². The molecule has 1 unspecified atom stereocenters. The second-order valence-electron chi connectivity index (χ2n) is 4.37. The van der Waals surface area contributed by atoms with Crippen LogP contribution in [0.4, 0.5) is 0 Å². The lowest BCUT2D eigenvalue weighted by molar-refractivity contribution is 0.420. The van der Waals surface area contributed by atoms with Gasteiger partial charge in [-0.15, -0.1) is 0 Å². The highest BCUT2D eigenvalue weighted by atomic mass is 35.5. The Labute approximate surface area is 122 Å². The summed E-state index contributed by atoms with van der Waals surface area (Å²) in [5, 5.41) is 4.71. The molecule has 1 atom stereocenters. The topological polar surface area (TPSA) is 38.1 Å². The van der Waals surface area contributed by atoms with Crippen molar-refractivity contribution in [2.45, 2.75) is 32.9 Å². The fourth-order valence-corrected chi connectivity index (χ4v) is 2.49. The van der Waals surface area contributed by atoms with Crippen LogP contribution < -0.4 is 5.32 Å². The molecule has 102 valence electrons. The second kappa shape index (κ2) is 6.42. The summed E-state index contributed by atoms with van der Waals surface area (Å²) in [7, 11) is 0. The lowest BCUT2D eigenvalue weighted by Gasteiger charge is -2.18. The minimum Gasteiger partial charge on any atom is -0.445 e. The van der Waals surface area contributed by atoms with E-state index in [9.17, 15) is 0 Å². The van der Waals surface area contributed by atoms with E-state index < -0.39 is 0 Å². The first-order chi connectivity index (χ1) is 9.10. The van der Waals surface area contributed by atoms with Crippen molar-refractivity contribution >= 4 is 23.2 Å². The Morgan fingerprint density at radius 3 is 2.74 bits per heavy atom. The van der Waals surface area contributed by atoms with Crippen molar-refractivity contribution in [3.05, 3.63) is 51.7 Å². The standard InChI is InChI=1S/C14H16Cl2N2O/c1-3-13(11-5-4-10(15)6-12(11)16)17-8-14-18-7-9(2)19-14/h4-7,13,17H,3,8H2,1-2H3. The van der Waals surface area contributed by atoms with E-state index in [-0.39, 0.29) is 6.04 Å². The van der Waals surface area contributed by atoms with Gasteiger partial charge < -0.3 is 9.73 Å². The van der Waals surface area contributed by atoms with E-state index in [0.29, 0.717) is 22.5 Å². The van der Waals surface area contributed by atoms with Crippen molar-refractivity contribution in [2.24, 2.45) is 0 Å². The summed E-state index contributed by atoms with van der Waals surface area (Å²) in [4.78, 5) is 4.17. The Kier molecular flexibility index (Phi) is 4.86. The van der Waals surface area contributed by atoms with Gasteiger partial charge in [-0.25, -0.2) is 4.98 Å². The molecule has 0 amide bonds. The second-order valence-corrected chi connectivity index (χ2v) is 5.22. The molecular formula is C14H16Cl2N2O. The minimum atomic E-state index is 0.150. The average Bonchev–Trinajstić information content (AvgIpc) is 2.78. The molecule has 19 heavy (non-hydrogen) atoms. The minimum absolute atomic E-state index is 0.150. The van der Waals surface area contributed by atoms with E-state index >= 15 is 0 Å². The number of benzene rings is 1.